The maximum atomic E-state index is 9.17. The van der Waals surface area contributed by atoms with Crippen molar-refractivity contribution in [3.63, 3.8) is 0 Å². The van der Waals surface area contributed by atoms with Gasteiger partial charge in [-0.05, 0) is 48.6 Å². The molecule has 0 spiro atoms. The molecule has 4 nitrogen and oxygen atoms in total. The summed E-state index contributed by atoms with van der Waals surface area (Å²) in [4.78, 5) is 0. The van der Waals surface area contributed by atoms with Gasteiger partial charge in [-0.15, -0.1) is 5.10 Å². The Morgan fingerprint density at radius 1 is 0.909 bits per heavy atom. The number of nitriles is 1. The second kappa shape index (κ2) is 5.45. The minimum Gasteiger partial charge on any atom is -0.247 e. The molecule has 0 saturated heterocycles. The summed E-state index contributed by atoms with van der Waals surface area (Å²) >= 11 is 0. The lowest BCUT2D eigenvalue weighted by atomic mass is 9.91. The Balaban J connectivity index is 2.23. The summed E-state index contributed by atoms with van der Waals surface area (Å²) < 4.78 is 0. The van der Waals surface area contributed by atoms with Crippen LogP contribution < -0.4 is 0 Å². The molecule has 108 valence electrons. The van der Waals surface area contributed by atoms with E-state index in [1.165, 1.54) is 16.7 Å². The molecule has 0 amide bonds. The van der Waals surface area contributed by atoms with E-state index in [0.717, 1.165) is 16.7 Å². The van der Waals surface area contributed by atoms with Crippen LogP contribution in [-0.4, -0.2) is 15.4 Å². The number of benzene rings is 2. The van der Waals surface area contributed by atoms with Crippen molar-refractivity contribution in [2.24, 2.45) is 0 Å². The van der Waals surface area contributed by atoms with E-state index in [1.807, 2.05) is 12.1 Å². The van der Waals surface area contributed by atoms with Gasteiger partial charge < -0.3 is 0 Å². The van der Waals surface area contributed by atoms with Crippen LogP contribution in [0.15, 0.2) is 36.4 Å². The summed E-state index contributed by atoms with van der Waals surface area (Å²) in [7, 11) is 0. The fourth-order valence-corrected chi connectivity index (χ4v) is 2.72. The molecule has 1 N–H and O–H groups in total. The van der Waals surface area contributed by atoms with E-state index in [4.69, 9.17) is 5.26 Å². The second-order valence-corrected chi connectivity index (χ2v) is 5.37. The maximum absolute atomic E-state index is 9.17. The SMILES string of the molecule is Cc1cccc(-c2cccc(-c3nn[nH]c3C#N)c2C)c1C. The normalized spacial score (nSPS) is 10.5. The number of hydrogen-bond acceptors (Lipinski definition) is 3. The van der Waals surface area contributed by atoms with Crippen LogP contribution in [0.25, 0.3) is 22.4 Å². The molecule has 3 rings (SSSR count). The summed E-state index contributed by atoms with van der Waals surface area (Å²) in [6.45, 7) is 6.30. The molecule has 0 atom stereocenters. The highest BCUT2D eigenvalue weighted by Crippen LogP contribution is 2.33. The van der Waals surface area contributed by atoms with Gasteiger partial charge in [0.2, 0.25) is 0 Å². The van der Waals surface area contributed by atoms with Crippen molar-refractivity contribution in [1.82, 2.24) is 15.4 Å². The third kappa shape index (κ3) is 2.17. The monoisotopic (exact) mass is 288 g/mol. The average Bonchev–Trinajstić information content (AvgIpc) is 2.99. The molecular formula is C18H16N4. The highest BCUT2D eigenvalue weighted by atomic mass is 15.3. The molecule has 2 aromatic carbocycles. The molecule has 0 saturated carbocycles. The minimum atomic E-state index is 0.390. The topological polar surface area (TPSA) is 65.4 Å². The predicted molar refractivity (Wildman–Crippen MR) is 86.2 cm³/mol. The molecule has 1 heterocycles. The predicted octanol–water partition coefficient (Wildman–Crippen LogP) is 3.94. The van der Waals surface area contributed by atoms with E-state index in [-0.39, 0.29) is 0 Å². The van der Waals surface area contributed by atoms with Crippen LogP contribution in [0.2, 0.25) is 0 Å². The molecular weight excluding hydrogens is 272 g/mol. The smallest absolute Gasteiger partial charge is 0.163 e. The third-order valence-corrected chi connectivity index (χ3v) is 4.14. The molecule has 22 heavy (non-hydrogen) atoms. The van der Waals surface area contributed by atoms with Gasteiger partial charge in [0.25, 0.3) is 0 Å². The Morgan fingerprint density at radius 2 is 1.55 bits per heavy atom. The van der Waals surface area contributed by atoms with Crippen molar-refractivity contribution in [2.45, 2.75) is 20.8 Å². The molecule has 1 aromatic heterocycles. The summed E-state index contributed by atoms with van der Waals surface area (Å²) in [5.74, 6) is 0. The summed E-state index contributed by atoms with van der Waals surface area (Å²) in [5.41, 5.74) is 7.93. The number of nitrogens with one attached hydrogen (secondary N) is 1. The standard InChI is InChI=1S/C18H16N4/c1-11-6-4-7-14(12(11)2)15-8-5-9-16(13(15)3)18-17(10-19)20-22-21-18/h4-9H,1-3H3,(H,20,21,22). The first-order valence-corrected chi connectivity index (χ1v) is 7.11. The number of H-pyrrole nitrogens is 1. The van der Waals surface area contributed by atoms with Gasteiger partial charge >= 0.3 is 0 Å². The van der Waals surface area contributed by atoms with Gasteiger partial charge in [-0.25, -0.2) is 5.10 Å². The zero-order valence-corrected chi connectivity index (χ0v) is 12.8. The Morgan fingerprint density at radius 3 is 2.27 bits per heavy atom. The van der Waals surface area contributed by atoms with Crippen molar-refractivity contribution in [2.75, 3.05) is 0 Å². The quantitative estimate of drug-likeness (QED) is 0.776. The van der Waals surface area contributed by atoms with Crippen molar-refractivity contribution in [3.8, 4) is 28.5 Å². The van der Waals surface area contributed by atoms with Gasteiger partial charge in [0.15, 0.2) is 5.69 Å². The van der Waals surface area contributed by atoms with E-state index in [1.54, 1.807) is 0 Å². The summed E-state index contributed by atoms with van der Waals surface area (Å²) in [5, 5.41) is 19.6. The van der Waals surface area contributed by atoms with Crippen LogP contribution in [0.4, 0.5) is 0 Å². The van der Waals surface area contributed by atoms with Crippen molar-refractivity contribution in [3.05, 3.63) is 58.8 Å². The first kappa shape index (κ1) is 14.0. The summed E-state index contributed by atoms with van der Waals surface area (Å²) in [6.07, 6.45) is 0. The van der Waals surface area contributed by atoms with Crippen LogP contribution in [0.3, 0.4) is 0 Å². The molecule has 0 radical (unpaired) electrons. The average molecular weight is 288 g/mol. The first-order chi connectivity index (χ1) is 10.6. The van der Waals surface area contributed by atoms with Crippen molar-refractivity contribution < 1.29 is 0 Å². The zero-order valence-electron chi connectivity index (χ0n) is 12.8. The number of aryl methyl sites for hydroxylation is 1. The zero-order chi connectivity index (χ0) is 15.7. The number of aromatic amines is 1. The Bertz CT molecular complexity index is 884. The fourth-order valence-electron chi connectivity index (χ4n) is 2.72. The minimum absolute atomic E-state index is 0.390. The maximum Gasteiger partial charge on any atom is 0.163 e. The molecule has 4 heteroatoms. The van der Waals surface area contributed by atoms with E-state index >= 15 is 0 Å². The van der Waals surface area contributed by atoms with E-state index in [9.17, 15) is 0 Å². The number of aromatic nitrogens is 3. The Labute approximate surface area is 129 Å². The van der Waals surface area contributed by atoms with Crippen molar-refractivity contribution >= 4 is 0 Å². The molecule has 0 aliphatic rings. The van der Waals surface area contributed by atoms with Gasteiger partial charge in [0, 0.05) is 5.56 Å². The lowest BCUT2D eigenvalue weighted by molar-refractivity contribution is 0.937. The third-order valence-electron chi connectivity index (χ3n) is 4.14. The Kier molecular flexibility index (Phi) is 3.48. The first-order valence-electron chi connectivity index (χ1n) is 7.11. The molecule has 0 fully saturated rings. The molecule has 3 aromatic rings. The molecule has 0 aliphatic carbocycles. The number of nitrogens with zero attached hydrogens (tertiary/aromatic N) is 3. The highest BCUT2D eigenvalue weighted by Gasteiger charge is 2.15. The number of hydrogen-bond donors (Lipinski definition) is 1. The van der Waals surface area contributed by atoms with Crippen LogP contribution in [0.1, 0.15) is 22.4 Å². The van der Waals surface area contributed by atoms with Crippen LogP contribution in [-0.2, 0) is 0 Å². The van der Waals surface area contributed by atoms with Crippen LogP contribution >= 0.6 is 0 Å². The lowest BCUT2D eigenvalue weighted by Crippen LogP contribution is -1.93. The Hall–Kier alpha value is -2.93. The molecule has 0 bridgehead atoms. The molecule has 0 unspecified atom stereocenters. The van der Waals surface area contributed by atoms with Gasteiger partial charge in [-0.2, -0.15) is 5.26 Å². The fraction of sp³-hybridized carbons (Fsp3) is 0.167. The van der Waals surface area contributed by atoms with Crippen LogP contribution in [0, 0.1) is 32.1 Å². The van der Waals surface area contributed by atoms with Crippen molar-refractivity contribution in [1.29, 1.82) is 5.26 Å². The van der Waals surface area contributed by atoms with Gasteiger partial charge in [-0.1, -0.05) is 41.6 Å². The largest absolute Gasteiger partial charge is 0.247 e. The number of rotatable bonds is 2. The van der Waals surface area contributed by atoms with Gasteiger partial charge in [-0.3, -0.25) is 0 Å². The van der Waals surface area contributed by atoms with Gasteiger partial charge in [0.1, 0.15) is 11.8 Å². The second-order valence-electron chi connectivity index (χ2n) is 5.37. The van der Waals surface area contributed by atoms with E-state index in [0.29, 0.717) is 11.4 Å². The lowest BCUT2D eigenvalue weighted by Gasteiger charge is -2.14. The van der Waals surface area contributed by atoms with Gasteiger partial charge in [0.05, 0.1) is 0 Å². The van der Waals surface area contributed by atoms with Crippen LogP contribution in [0.5, 0.6) is 0 Å². The molecule has 0 aliphatic heterocycles. The summed E-state index contributed by atoms with van der Waals surface area (Å²) in [6, 6.07) is 14.5. The van der Waals surface area contributed by atoms with E-state index in [2.05, 4.69) is 66.5 Å². The van der Waals surface area contributed by atoms with E-state index < -0.39 is 0 Å². The highest BCUT2D eigenvalue weighted by molar-refractivity contribution is 5.80.